The van der Waals surface area contributed by atoms with Crippen LogP contribution in [0.3, 0.4) is 0 Å². The molecule has 18 heavy (non-hydrogen) atoms. The van der Waals surface area contributed by atoms with Gasteiger partial charge in [0, 0.05) is 6.54 Å². The van der Waals surface area contributed by atoms with E-state index in [1.807, 2.05) is 0 Å². The van der Waals surface area contributed by atoms with Crippen LogP contribution in [0.25, 0.3) is 0 Å². The lowest BCUT2D eigenvalue weighted by molar-refractivity contribution is 0.162. The number of halogens is 1. The van der Waals surface area contributed by atoms with Gasteiger partial charge in [0.2, 0.25) is 10.0 Å². The second-order valence-electron chi connectivity index (χ2n) is 3.91. The highest BCUT2D eigenvalue weighted by Crippen LogP contribution is 2.21. The van der Waals surface area contributed by atoms with Crippen molar-refractivity contribution < 1.29 is 17.9 Å². The fourth-order valence-corrected chi connectivity index (χ4v) is 2.68. The summed E-state index contributed by atoms with van der Waals surface area (Å²) in [6.07, 6.45) is 0.221. The molecule has 0 saturated carbocycles. The zero-order valence-electron chi connectivity index (χ0n) is 10.1. The SMILES string of the molecule is CCC(O)CCNS(=O)(=O)c1c(N)cccc1F. The topological polar surface area (TPSA) is 92.4 Å². The largest absolute Gasteiger partial charge is 0.398 e. The van der Waals surface area contributed by atoms with E-state index >= 15 is 0 Å². The smallest absolute Gasteiger partial charge is 0.245 e. The number of nitrogens with two attached hydrogens (primary N) is 1. The van der Waals surface area contributed by atoms with E-state index in [-0.39, 0.29) is 18.7 Å². The predicted molar refractivity (Wildman–Crippen MR) is 66.9 cm³/mol. The standard InChI is InChI=1S/C11H17FN2O3S/c1-2-8(15)6-7-14-18(16,17)11-9(12)4-3-5-10(11)13/h3-5,8,14-15H,2,6-7,13H2,1H3. The molecule has 0 radical (unpaired) electrons. The Balaban J connectivity index is 2.81. The number of hydrogen-bond acceptors (Lipinski definition) is 4. The van der Waals surface area contributed by atoms with Gasteiger partial charge in [0.15, 0.2) is 0 Å². The molecule has 7 heteroatoms. The van der Waals surface area contributed by atoms with E-state index in [0.29, 0.717) is 6.42 Å². The van der Waals surface area contributed by atoms with Gasteiger partial charge in [-0.3, -0.25) is 0 Å². The summed E-state index contributed by atoms with van der Waals surface area (Å²) in [4.78, 5) is -0.545. The monoisotopic (exact) mass is 276 g/mol. The van der Waals surface area contributed by atoms with Crippen molar-refractivity contribution >= 4 is 15.7 Å². The Morgan fingerprint density at radius 1 is 1.50 bits per heavy atom. The van der Waals surface area contributed by atoms with Gasteiger partial charge in [-0.1, -0.05) is 13.0 Å². The van der Waals surface area contributed by atoms with Crippen molar-refractivity contribution in [3.8, 4) is 0 Å². The number of sulfonamides is 1. The molecule has 1 aromatic rings. The van der Waals surface area contributed by atoms with E-state index in [1.54, 1.807) is 6.92 Å². The first-order chi connectivity index (χ1) is 8.38. The van der Waals surface area contributed by atoms with E-state index in [2.05, 4.69) is 4.72 Å². The molecule has 4 N–H and O–H groups in total. The lowest BCUT2D eigenvalue weighted by atomic mass is 10.2. The molecule has 0 fully saturated rings. The minimum Gasteiger partial charge on any atom is -0.398 e. The molecule has 5 nitrogen and oxygen atoms in total. The van der Waals surface area contributed by atoms with Crippen LogP contribution in [0.4, 0.5) is 10.1 Å². The summed E-state index contributed by atoms with van der Waals surface area (Å²) in [7, 11) is -3.99. The van der Waals surface area contributed by atoms with Crippen LogP contribution < -0.4 is 10.5 Å². The summed E-state index contributed by atoms with van der Waals surface area (Å²) in [6, 6.07) is 3.69. The lowest BCUT2D eigenvalue weighted by Crippen LogP contribution is -2.28. The fourth-order valence-electron chi connectivity index (χ4n) is 1.45. The maximum atomic E-state index is 13.4. The summed E-state index contributed by atoms with van der Waals surface area (Å²) in [5.41, 5.74) is 5.32. The molecule has 1 atom stereocenters. The Labute approximate surface area is 106 Å². The Bertz CT molecular complexity index is 485. The Kier molecular flexibility index (Phi) is 5.06. The third-order valence-electron chi connectivity index (χ3n) is 2.51. The van der Waals surface area contributed by atoms with Crippen molar-refractivity contribution in [2.24, 2.45) is 0 Å². The highest BCUT2D eigenvalue weighted by atomic mass is 32.2. The summed E-state index contributed by atoms with van der Waals surface area (Å²) in [5, 5.41) is 9.30. The fraction of sp³-hybridized carbons (Fsp3) is 0.455. The third-order valence-corrected chi connectivity index (χ3v) is 4.06. The van der Waals surface area contributed by atoms with Crippen LogP contribution in [-0.2, 0) is 10.0 Å². The quantitative estimate of drug-likeness (QED) is 0.671. The number of benzene rings is 1. The van der Waals surface area contributed by atoms with Crippen molar-refractivity contribution in [1.82, 2.24) is 4.72 Å². The van der Waals surface area contributed by atoms with Gasteiger partial charge in [0.05, 0.1) is 11.8 Å². The molecule has 0 saturated heterocycles. The molecule has 1 unspecified atom stereocenters. The predicted octanol–water partition coefficient (Wildman–Crippen LogP) is 0.847. The van der Waals surface area contributed by atoms with Crippen molar-refractivity contribution in [3.63, 3.8) is 0 Å². The average molecular weight is 276 g/mol. The molecule has 0 bridgehead atoms. The van der Waals surface area contributed by atoms with Crippen molar-refractivity contribution in [3.05, 3.63) is 24.0 Å². The van der Waals surface area contributed by atoms with Crippen molar-refractivity contribution in [1.29, 1.82) is 0 Å². The van der Waals surface area contributed by atoms with Crippen LogP contribution in [0, 0.1) is 5.82 Å². The molecule has 0 aliphatic rings. The van der Waals surface area contributed by atoms with Crippen LogP contribution in [0.1, 0.15) is 19.8 Å². The third kappa shape index (κ3) is 3.66. The summed E-state index contributed by atoms with van der Waals surface area (Å²) >= 11 is 0. The number of hydrogen-bond donors (Lipinski definition) is 3. The zero-order chi connectivity index (χ0) is 13.8. The van der Waals surface area contributed by atoms with Gasteiger partial charge in [-0.05, 0) is 25.0 Å². The Morgan fingerprint density at radius 2 is 2.17 bits per heavy atom. The van der Waals surface area contributed by atoms with Gasteiger partial charge in [0.25, 0.3) is 0 Å². The van der Waals surface area contributed by atoms with E-state index < -0.39 is 26.8 Å². The first-order valence-electron chi connectivity index (χ1n) is 5.60. The molecule has 0 aromatic heterocycles. The molecule has 0 heterocycles. The van der Waals surface area contributed by atoms with E-state index in [1.165, 1.54) is 12.1 Å². The summed E-state index contributed by atoms with van der Waals surface area (Å²) in [6.45, 7) is 1.82. The molecule has 0 aliphatic heterocycles. The maximum Gasteiger partial charge on any atom is 0.245 e. The number of rotatable bonds is 6. The summed E-state index contributed by atoms with van der Waals surface area (Å²) in [5.74, 6) is -0.890. The second kappa shape index (κ2) is 6.12. The number of nitrogens with one attached hydrogen (secondary N) is 1. The van der Waals surface area contributed by atoms with Gasteiger partial charge < -0.3 is 10.8 Å². The normalized spacial score (nSPS) is 13.5. The van der Waals surface area contributed by atoms with Gasteiger partial charge >= 0.3 is 0 Å². The number of anilines is 1. The zero-order valence-corrected chi connectivity index (χ0v) is 10.9. The number of aliphatic hydroxyl groups is 1. The molecular formula is C11H17FN2O3S. The average Bonchev–Trinajstić information content (AvgIpc) is 2.27. The first-order valence-corrected chi connectivity index (χ1v) is 7.08. The number of aliphatic hydroxyl groups excluding tert-OH is 1. The minimum absolute atomic E-state index is 0.0329. The van der Waals surface area contributed by atoms with Crippen LogP contribution in [0.15, 0.2) is 23.1 Å². The van der Waals surface area contributed by atoms with E-state index in [0.717, 1.165) is 6.07 Å². The van der Waals surface area contributed by atoms with E-state index in [9.17, 15) is 17.9 Å². The Morgan fingerprint density at radius 3 is 2.72 bits per heavy atom. The Hall–Kier alpha value is -1.18. The highest BCUT2D eigenvalue weighted by molar-refractivity contribution is 7.89. The van der Waals surface area contributed by atoms with E-state index in [4.69, 9.17) is 5.73 Å². The van der Waals surface area contributed by atoms with Gasteiger partial charge in [-0.25, -0.2) is 17.5 Å². The second-order valence-corrected chi connectivity index (χ2v) is 5.61. The maximum absolute atomic E-state index is 13.4. The molecule has 1 rings (SSSR count). The van der Waals surface area contributed by atoms with Gasteiger partial charge in [0.1, 0.15) is 10.7 Å². The van der Waals surface area contributed by atoms with Gasteiger partial charge in [-0.15, -0.1) is 0 Å². The van der Waals surface area contributed by atoms with Crippen LogP contribution >= 0.6 is 0 Å². The molecule has 1 aromatic carbocycles. The van der Waals surface area contributed by atoms with Crippen molar-refractivity contribution in [2.75, 3.05) is 12.3 Å². The molecule has 102 valence electrons. The van der Waals surface area contributed by atoms with Crippen molar-refractivity contribution in [2.45, 2.75) is 30.8 Å². The van der Waals surface area contributed by atoms with Gasteiger partial charge in [-0.2, -0.15) is 0 Å². The lowest BCUT2D eigenvalue weighted by Gasteiger charge is -2.11. The molecule has 0 aliphatic carbocycles. The first kappa shape index (κ1) is 14.9. The van der Waals surface area contributed by atoms with Crippen LogP contribution in [0.5, 0.6) is 0 Å². The van der Waals surface area contributed by atoms with Crippen LogP contribution in [-0.4, -0.2) is 26.2 Å². The minimum atomic E-state index is -3.99. The molecular weight excluding hydrogens is 259 g/mol. The highest BCUT2D eigenvalue weighted by Gasteiger charge is 2.21. The summed E-state index contributed by atoms with van der Waals surface area (Å²) < 4.78 is 39.3. The van der Waals surface area contributed by atoms with Crippen LogP contribution in [0.2, 0.25) is 0 Å². The molecule has 0 amide bonds. The number of nitrogen functional groups attached to an aromatic ring is 1. The molecule has 0 spiro atoms.